The number of nitrogens with zero attached hydrogens (tertiary/aromatic N) is 3. The van der Waals surface area contributed by atoms with Crippen LogP contribution < -0.4 is 5.73 Å². The fourth-order valence-corrected chi connectivity index (χ4v) is 2.21. The van der Waals surface area contributed by atoms with E-state index in [2.05, 4.69) is 37.8 Å². The lowest BCUT2D eigenvalue weighted by atomic mass is 10.2. The molecule has 1 unspecified atom stereocenters. The first kappa shape index (κ1) is 13.5. The average molecular weight is 242 g/mol. The molecular formula is C11H22N4S. The number of hydrogen-bond acceptors (Lipinski definition) is 4. The molecule has 0 aromatic carbocycles. The van der Waals surface area contributed by atoms with Crippen LogP contribution in [0.4, 0.5) is 0 Å². The monoisotopic (exact) mass is 242 g/mol. The van der Waals surface area contributed by atoms with Crippen LogP contribution in [0.3, 0.4) is 0 Å². The summed E-state index contributed by atoms with van der Waals surface area (Å²) in [6.45, 7) is 8.58. The van der Waals surface area contributed by atoms with E-state index in [1.165, 1.54) is 0 Å². The molecule has 2 N–H and O–H groups in total. The Bertz CT molecular complexity index is 309. The van der Waals surface area contributed by atoms with Gasteiger partial charge in [0, 0.05) is 24.3 Å². The molecule has 0 aliphatic heterocycles. The van der Waals surface area contributed by atoms with Gasteiger partial charge >= 0.3 is 0 Å². The summed E-state index contributed by atoms with van der Waals surface area (Å²) in [6, 6.07) is 0.511. The molecule has 1 aromatic rings. The summed E-state index contributed by atoms with van der Waals surface area (Å²) in [4.78, 5) is 4.27. The van der Waals surface area contributed by atoms with Gasteiger partial charge in [-0.25, -0.2) is 9.67 Å². The summed E-state index contributed by atoms with van der Waals surface area (Å²) in [5.74, 6) is 1.97. The maximum absolute atomic E-state index is 6.08. The minimum atomic E-state index is 0.161. The van der Waals surface area contributed by atoms with Crippen molar-refractivity contribution >= 4 is 11.8 Å². The van der Waals surface area contributed by atoms with E-state index in [-0.39, 0.29) is 6.04 Å². The first-order chi connectivity index (χ1) is 7.50. The molecule has 1 rings (SSSR count). The van der Waals surface area contributed by atoms with Gasteiger partial charge in [-0.15, -0.1) is 0 Å². The zero-order valence-corrected chi connectivity index (χ0v) is 11.4. The SMILES string of the molecule is CC(C)SCC(N)Cc1ncnn1C(C)C. The van der Waals surface area contributed by atoms with Gasteiger partial charge in [0.05, 0.1) is 0 Å². The predicted octanol–water partition coefficient (Wildman–Crippen LogP) is 1.87. The van der Waals surface area contributed by atoms with Crippen LogP contribution in [0.15, 0.2) is 6.33 Å². The summed E-state index contributed by atoms with van der Waals surface area (Å²) in [7, 11) is 0. The van der Waals surface area contributed by atoms with Crippen molar-refractivity contribution in [2.75, 3.05) is 5.75 Å². The molecular weight excluding hydrogens is 220 g/mol. The lowest BCUT2D eigenvalue weighted by molar-refractivity contribution is 0.496. The highest BCUT2D eigenvalue weighted by atomic mass is 32.2. The third-order valence-corrected chi connectivity index (χ3v) is 3.51. The van der Waals surface area contributed by atoms with Gasteiger partial charge in [0.15, 0.2) is 0 Å². The van der Waals surface area contributed by atoms with E-state index in [1.807, 2.05) is 16.4 Å². The minimum absolute atomic E-state index is 0.161. The second kappa shape index (κ2) is 6.25. The molecule has 1 aromatic heterocycles. The van der Waals surface area contributed by atoms with Crippen LogP contribution in [0.25, 0.3) is 0 Å². The third-order valence-electron chi connectivity index (χ3n) is 2.22. The number of rotatable bonds is 6. The topological polar surface area (TPSA) is 56.7 Å². The van der Waals surface area contributed by atoms with Gasteiger partial charge in [-0.1, -0.05) is 13.8 Å². The Morgan fingerprint density at radius 2 is 2.06 bits per heavy atom. The highest BCUT2D eigenvalue weighted by Crippen LogP contribution is 2.13. The van der Waals surface area contributed by atoms with Crippen molar-refractivity contribution < 1.29 is 0 Å². The molecule has 92 valence electrons. The Labute approximate surface area is 102 Å². The number of hydrogen-bond donors (Lipinski definition) is 1. The normalized spacial score (nSPS) is 13.7. The van der Waals surface area contributed by atoms with Crippen molar-refractivity contribution in [1.82, 2.24) is 14.8 Å². The van der Waals surface area contributed by atoms with Crippen LogP contribution in [0, 0.1) is 0 Å². The molecule has 5 heteroatoms. The highest BCUT2D eigenvalue weighted by molar-refractivity contribution is 7.99. The van der Waals surface area contributed by atoms with Crippen LogP contribution in [0.2, 0.25) is 0 Å². The Morgan fingerprint density at radius 3 is 2.62 bits per heavy atom. The Kier molecular flexibility index (Phi) is 5.28. The summed E-state index contributed by atoms with van der Waals surface area (Å²) in [6.07, 6.45) is 2.41. The maximum Gasteiger partial charge on any atom is 0.138 e. The molecule has 0 radical (unpaired) electrons. The molecule has 0 bridgehead atoms. The van der Waals surface area contributed by atoms with Crippen molar-refractivity contribution in [2.24, 2.45) is 5.73 Å². The van der Waals surface area contributed by atoms with E-state index in [4.69, 9.17) is 5.73 Å². The quantitative estimate of drug-likeness (QED) is 0.827. The fraction of sp³-hybridized carbons (Fsp3) is 0.818. The standard InChI is InChI=1S/C11H22N4S/c1-8(2)15-11(13-7-14-15)5-10(12)6-16-9(3)4/h7-10H,5-6,12H2,1-4H3. The first-order valence-electron chi connectivity index (χ1n) is 5.76. The Hall–Kier alpha value is -0.550. The molecule has 4 nitrogen and oxygen atoms in total. The second-order valence-corrected chi connectivity index (χ2v) is 6.17. The molecule has 16 heavy (non-hydrogen) atoms. The molecule has 0 amide bonds. The van der Waals surface area contributed by atoms with Crippen LogP contribution >= 0.6 is 11.8 Å². The van der Waals surface area contributed by atoms with Gasteiger partial charge in [0.1, 0.15) is 12.2 Å². The van der Waals surface area contributed by atoms with E-state index >= 15 is 0 Å². The van der Waals surface area contributed by atoms with Crippen LogP contribution in [-0.4, -0.2) is 31.8 Å². The maximum atomic E-state index is 6.08. The number of aromatic nitrogens is 3. The second-order valence-electron chi connectivity index (χ2n) is 4.56. The molecule has 0 spiro atoms. The van der Waals surface area contributed by atoms with Crippen LogP contribution in [0.5, 0.6) is 0 Å². The largest absolute Gasteiger partial charge is 0.327 e. The smallest absolute Gasteiger partial charge is 0.138 e. The fourth-order valence-electron chi connectivity index (χ4n) is 1.46. The van der Waals surface area contributed by atoms with Crippen molar-refractivity contribution in [2.45, 2.75) is 51.4 Å². The van der Waals surface area contributed by atoms with Crippen molar-refractivity contribution in [1.29, 1.82) is 0 Å². The van der Waals surface area contributed by atoms with Gasteiger partial charge in [0.25, 0.3) is 0 Å². The van der Waals surface area contributed by atoms with Crippen molar-refractivity contribution in [3.8, 4) is 0 Å². The summed E-state index contributed by atoms with van der Waals surface area (Å²) in [5, 5.41) is 4.84. The lowest BCUT2D eigenvalue weighted by Crippen LogP contribution is -2.28. The first-order valence-corrected chi connectivity index (χ1v) is 6.81. The van der Waals surface area contributed by atoms with Gasteiger partial charge in [-0.05, 0) is 19.1 Å². The van der Waals surface area contributed by atoms with Crippen LogP contribution in [0.1, 0.15) is 39.6 Å². The molecule has 0 fully saturated rings. The summed E-state index contributed by atoms with van der Waals surface area (Å²) < 4.78 is 1.94. The van der Waals surface area contributed by atoms with E-state index in [1.54, 1.807) is 6.33 Å². The van der Waals surface area contributed by atoms with Gasteiger partial charge < -0.3 is 5.73 Å². The lowest BCUT2D eigenvalue weighted by Gasteiger charge is -2.14. The van der Waals surface area contributed by atoms with Crippen LogP contribution in [-0.2, 0) is 6.42 Å². The Balaban J connectivity index is 2.49. The molecule has 0 aliphatic carbocycles. The predicted molar refractivity (Wildman–Crippen MR) is 69.7 cm³/mol. The van der Waals surface area contributed by atoms with Crippen molar-refractivity contribution in [3.63, 3.8) is 0 Å². The van der Waals surface area contributed by atoms with E-state index in [9.17, 15) is 0 Å². The zero-order valence-electron chi connectivity index (χ0n) is 10.6. The third kappa shape index (κ3) is 4.14. The summed E-state index contributed by atoms with van der Waals surface area (Å²) >= 11 is 1.89. The molecule has 0 saturated carbocycles. The Morgan fingerprint density at radius 1 is 1.38 bits per heavy atom. The molecule has 1 atom stereocenters. The molecule has 1 heterocycles. The van der Waals surface area contributed by atoms with E-state index < -0.39 is 0 Å². The van der Waals surface area contributed by atoms with Gasteiger partial charge in [-0.2, -0.15) is 16.9 Å². The highest BCUT2D eigenvalue weighted by Gasteiger charge is 2.12. The van der Waals surface area contributed by atoms with Crippen molar-refractivity contribution in [3.05, 3.63) is 12.2 Å². The number of nitrogens with two attached hydrogens (primary N) is 1. The van der Waals surface area contributed by atoms with Gasteiger partial charge in [-0.3, -0.25) is 0 Å². The van der Waals surface area contributed by atoms with E-state index in [0.29, 0.717) is 11.3 Å². The van der Waals surface area contributed by atoms with Gasteiger partial charge in [0.2, 0.25) is 0 Å². The van der Waals surface area contributed by atoms with E-state index in [0.717, 1.165) is 18.0 Å². The average Bonchev–Trinajstić information content (AvgIpc) is 2.62. The minimum Gasteiger partial charge on any atom is -0.327 e. The molecule has 0 aliphatic rings. The molecule has 0 saturated heterocycles. The zero-order chi connectivity index (χ0) is 12.1. The number of thioether (sulfide) groups is 1. The summed E-state index contributed by atoms with van der Waals surface area (Å²) in [5.41, 5.74) is 6.08.